The maximum atomic E-state index is 8.84. The highest BCUT2D eigenvalue weighted by Crippen LogP contribution is 2.23. The molecule has 1 fully saturated rings. The van der Waals surface area contributed by atoms with Crippen LogP contribution >= 0.6 is 11.6 Å². The molecule has 0 aromatic heterocycles. The van der Waals surface area contributed by atoms with Gasteiger partial charge in [0.2, 0.25) is 0 Å². The van der Waals surface area contributed by atoms with E-state index in [4.69, 9.17) is 21.6 Å². The summed E-state index contributed by atoms with van der Waals surface area (Å²) in [5.74, 6) is 0.621. The Hall–Kier alpha value is -1.08. The van der Waals surface area contributed by atoms with E-state index in [1.165, 1.54) is 12.8 Å². The first-order valence-corrected chi connectivity index (χ1v) is 7.00. The van der Waals surface area contributed by atoms with Gasteiger partial charge in [-0.25, -0.2) is 0 Å². The molecule has 0 spiro atoms. The summed E-state index contributed by atoms with van der Waals surface area (Å²) in [5.41, 5.74) is 1.71. The fraction of sp³-hybridized carbons (Fsp3) is 0.533. The van der Waals surface area contributed by atoms with Gasteiger partial charge in [-0.3, -0.25) is 4.90 Å². The minimum atomic E-state index is 0.615. The lowest BCUT2D eigenvalue weighted by Crippen LogP contribution is -2.36. The smallest absolute Gasteiger partial charge is 0.0992 e. The van der Waals surface area contributed by atoms with Gasteiger partial charge < -0.3 is 4.74 Å². The number of benzene rings is 1. The van der Waals surface area contributed by atoms with Crippen LogP contribution in [0.15, 0.2) is 18.2 Å². The summed E-state index contributed by atoms with van der Waals surface area (Å²) in [7, 11) is 1.76. The van der Waals surface area contributed by atoms with E-state index in [1.54, 1.807) is 13.2 Å². The zero-order valence-electron chi connectivity index (χ0n) is 11.2. The summed E-state index contributed by atoms with van der Waals surface area (Å²) in [4.78, 5) is 2.42. The number of halogens is 1. The Labute approximate surface area is 119 Å². The van der Waals surface area contributed by atoms with Crippen LogP contribution in [-0.2, 0) is 11.3 Å². The van der Waals surface area contributed by atoms with E-state index in [2.05, 4.69) is 11.0 Å². The van der Waals surface area contributed by atoms with Crippen molar-refractivity contribution in [1.82, 2.24) is 4.90 Å². The summed E-state index contributed by atoms with van der Waals surface area (Å²) in [6.45, 7) is 3.85. The first-order chi connectivity index (χ1) is 9.22. The highest BCUT2D eigenvalue weighted by Gasteiger charge is 2.20. The molecule has 1 aromatic rings. The molecule has 0 bridgehead atoms. The van der Waals surface area contributed by atoms with Gasteiger partial charge in [0.1, 0.15) is 0 Å². The van der Waals surface area contributed by atoms with Crippen molar-refractivity contribution in [3.05, 3.63) is 34.3 Å². The van der Waals surface area contributed by atoms with Crippen molar-refractivity contribution in [3.63, 3.8) is 0 Å². The molecular formula is C15H19ClN2O. The van der Waals surface area contributed by atoms with Gasteiger partial charge in [-0.15, -0.1) is 0 Å². The number of ether oxygens (including phenoxy) is 1. The first kappa shape index (κ1) is 14.3. The fourth-order valence-electron chi connectivity index (χ4n) is 2.65. The number of hydrogen-bond donors (Lipinski definition) is 0. The average Bonchev–Trinajstić information content (AvgIpc) is 2.42. The van der Waals surface area contributed by atoms with Crippen LogP contribution in [0.5, 0.6) is 0 Å². The Morgan fingerprint density at radius 3 is 3.05 bits per heavy atom. The Balaban J connectivity index is 1.99. The van der Waals surface area contributed by atoms with Crippen molar-refractivity contribution < 1.29 is 4.74 Å². The molecule has 1 atom stereocenters. The third-order valence-corrected chi connectivity index (χ3v) is 3.93. The number of methoxy groups -OCH3 is 1. The third-order valence-electron chi connectivity index (χ3n) is 3.58. The molecule has 1 aliphatic heterocycles. The van der Waals surface area contributed by atoms with E-state index < -0.39 is 0 Å². The first-order valence-electron chi connectivity index (χ1n) is 6.62. The van der Waals surface area contributed by atoms with Crippen molar-refractivity contribution >= 4 is 11.6 Å². The van der Waals surface area contributed by atoms with Crippen LogP contribution in [0.25, 0.3) is 0 Å². The van der Waals surface area contributed by atoms with Gasteiger partial charge in [-0.1, -0.05) is 17.7 Å². The molecule has 1 heterocycles. The second-order valence-electron chi connectivity index (χ2n) is 5.12. The van der Waals surface area contributed by atoms with Crippen molar-refractivity contribution in [1.29, 1.82) is 5.26 Å². The van der Waals surface area contributed by atoms with E-state index in [0.29, 0.717) is 16.5 Å². The second-order valence-corrected chi connectivity index (χ2v) is 5.52. The minimum Gasteiger partial charge on any atom is -0.384 e. The summed E-state index contributed by atoms with van der Waals surface area (Å²) < 4.78 is 5.25. The zero-order chi connectivity index (χ0) is 13.7. The maximum Gasteiger partial charge on any atom is 0.0992 e. The SMILES string of the molecule is COCC1CCCN(Cc2ccc(C#N)cc2Cl)C1. The van der Waals surface area contributed by atoms with Gasteiger partial charge in [0, 0.05) is 25.2 Å². The third kappa shape index (κ3) is 3.94. The Kier molecular flexibility index (Phi) is 5.21. The number of nitrogens with zero attached hydrogens (tertiary/aromatic N) is 2. The fourth-order valence-corrected chi connectivity index (χ4v) is 2.89. The number of nitriles is 1. The highest BCUT2D eigenvalue weighted by molar-refractivity contribution is 6.31. The van der Waals surface area contributed by atoms with Crippen LogP contribution < -0.4 is 0 Å². The molecule has 2 rings (SSSR count). The zero-order valence-corrected chi connectivity index (χ0v) is 12.0. The van der Waals surface area contributed by atoms with Crippen molar-refractivity contribution in [2.75, 3.05) is 26.8 Å². The molecule has 1 saturated heterocycles. The van der Waals surface area contributed by atoms with E-state index in [-0.39, 0.29) is 0 Å². The molecular weight excluding hydrogens is 260 g/mol. The molecule has 1 unspecified atom stereocenters. The van der Waals surface area contributed by atoms with E-state index in [9.17, 15) is 0 Å². The standard InChI is InChI=1S/C15H19ClN2O/c1-19-11-13-3-2-6-18(9-13)10-14-5-4-12(8-17)7-15(14)16/h4-5,7,13H,2-3,6,9-11H2,1H3. The molecule has 0 saturated carbocycles. The van der Waals surface area contributed by atoms with Crippen molar-refractivity contribution in [2.24, 2.45) is 5.92 Å². The molecule has 0 radical (unpaired) electrons. The quantitative estimate of drug-likeness (QED) is 0.849. The monoisotopic (exact) mass is 278 g/mol. The summed E-state index contributed by atoms with van der Waals surface area (Å²) >= 11 is 6.22. The van der Waals surface area contributed by atoms with Crippen LogP contribution in [0.2, 0.25) is 5.02 Å². The number of hydrogen-bond acceptors (Lipinski definition) is 3. The van der Waals surface area contributed by atoms with E-state index in [1.807, 2.05) is 12.1 Å². The minimum absolute atomic E-state index is 0.615. The van der Waals surface area contributed by atoms with Gasteiger partial charge in [0.15, 0.2) is 0 Å². The van der Waals surface area contributed by atoms with Crippen LogP contribution in [0, 0.1) is 17.2 Å². The maximum absolute atomic E-state index is 8.84. The number of rotatable bonds is 4. The molecule has 1 aromatic carbocycles. The van der Waals surface area contributed by atoms with Gasteiger partial charge in [-0.2, -0.15) is 5.26 Å². The lowest BCUT2D eigenvalue weighted by atomic mass is 9.98. The molecule has 0 N–H and O–H groups in total. The topological polar surface area (TPSA) is 36.3 Å². The molecule has 1 aliphatic rings. The molecule has 102 valence electrons. The van der Waals surface area contributed by atoms with E-state index in [0.717, 1.165) is 31.8 Å². The van der Waals surface area contributed by atoms with Crippen LogP contribution in [0.1, 0.15) is 24.0 Å². The lowest BCUT2D eigenvalue weighted by molar-refractivity contribution is 0.0874. The van der Waals surface area contributed by atoms with Crippen LogP contribution in [0.4, 0.5) is 0 Å². The Bertz CT molecular complexity index is 468. The second kappa shape index (κ2) is 6.91. The highest BCUT2D eigenvalue weighted by atomic mass is 35.5. The van der Waals surface area contributed by atoms with Crippen molar-refractivity contribution in [2.45, 2.75) is 19.4 Å². The van der Waals surface area contributed by atoms with Crippen molar-refractivity contribution in [3.8, 4) is 6.07 Å². The molecule has 4 heteroatoms. The average molecular weight is 279 g/mol. The van der Waals surface area contributed by atoms with E-state index >= 15 is 0 Å². The predicted octanol–water partition coefficient (Wildman–Crippen LogP) is 3.07. The van der Waals surface area contributed by atoms with Gasteiger partial charge in [0.05, 0.1) is 18.2 Å². The Morgan fingerprint density at radius 2 is 2.37 bits per heavy atom. The van der Waals surface area contributed by atoms with Crippen LogP contribution in [-0.4, -0.2) is 31.7 Å². The molecule has 3 nitrogen and oxygen atoms in total. The van der Waals surface area contributed by atoms with Gasteiger partial charge in [-0.05, 0) is 43.0 Å². The summed E-state index contributed by atoms with van der Waals surface area (Å²) in [6, 6.07) is 7.64. The molecule has 0 amide bonds. The number of likely N-dealkylation sites (tertiary alicyclic amines) is 1. The van der Waals surface area contributed by atoms with Crippen LogP contribution in [0.3, 0.4) is 0 Å². The van der Waals surface area contributed by atoms with Gasteiger partial charge >= 0.3 is 0 Å². The summed E-state index contributed by atoms with van der Waals surface area (Å²) in [5, 5.41) is 9.52. The molecule has 0 aliphatic carbocycles. The number of piperidine rings is 1. The summed E-state index contributed by atoms with van der Waals surface area (Å²) in [6.07, 6.45) is 2.45. The predicted molar refractivity (Wildman–Crippen MR) is 76.0 cm³/mol. The van der Waals surface area contributed by atoms with Gasteiger partial charge in [0.25, 0.3) is 0 Å². The molecule has 19 heavy (non-hydrogen) atoms. The lowest BCUT2D eigenvalue weighted by Gasteiger charge is -2.32. The largest absolute Gasteiger partial charge is 0.384 e. The normalized spacial score (nSPS) is 20.2. The Morgan fingerprint density at radius 1 is 1.53 bits per heavy atom.